The Morgan fingerprint density at radius 1 is 0.550 bits per heavy atom. The van der Waals surface area contributed by atoms with E-state index in [-0.39, 0.29) is 12.5 Å². The molecule has 1 rings (SSSR count). The van der Waals surface area contributed by atoms with Crippen LogP contribution in [-0.4, -0.2) is 87.5 Å². The van der Waals surface area contributed by atoms with Gasteiger partial charge in [0.15, 0.2) is 6.29 Å². The fraction of sp³-hybridized carbons (Fsp3) is 0.941. The summed E-state index contributed by atoms with van der Waals surface area (Å²) >= 11 is 0. The Hall–Kier alpha value is -1.07. The SMILES string of the molecule is CCCCCCCCCC/C=C\CCCCCCCCCCCC(=O)NC(COC1OC(CO)C(O)C(O)C1O)C(O)CCCCCCCCCCCCCCCCCC. The van der Waals surface area contributed by atoms with Gasteiger partial charge >= 0.3 is 0 Å². The zero-order valence-corrected chi connectivity index (χ0v) is 39.2. The summed E-state index contributed by atoms with van der Waals surface area (Å²) in [6.07, 6.45) is 42.2. The third-order valence-electron chi connectivity index (χ3n) is 12.6. The van der Waals surface area contributed by atoms with E-state index in [0.717, 1.165) is 38.5 Å². The highest BCUT2D eigenvalue weighted by atomic mass is 16.7. The van der Waals surface area contributed by atoms with Gasteiger partial charge < -0.3 is 40.3 Å². The van der Waals surface area contributed by atoms with Crippen LogP contribution in [-0.2, 0) is 14.3 Å². The Morgan fingerprint density at radius 2 is 0.933 bits per heavy atom. The van der Waals surface area contributed by atoms with Gasteiger partial charge in [0.1, 0.15) is 24.4 Å². The first-order chi connectivity index (χ1) is 29.3. The molecule has 356 valence electrons. The fourth-order valence-electron chi connectivity index (χ4n) is 8.45. The first kappa shape index (κ1) is 56.9. The number of aliphatic hydroxyl groups is 5. The van der Waals surface area contributed by atoms with Crippen LogP contribution in [0.5, 0.6) is 0 Å². The number of carbonyl (C=O) groups excluding carboxylic acids is 1. The molecule has 1 saturated heterocycles. The van der Waals surface area contributed by atoms with Gasteiger partial charge in [-0.1, -0.05) is 219 Å². The van der Waals surface area contributed by atoms with Gasteiger partial charge in [-0.25, -0.2) is 0 Å². The lowest BCUT2D eigenvalue weighted by molar-refractivity contribution is -0.302. The molecule has 1 fully saturated rings. The molecule has 9 heteroatoms. The van der Waals surface area contributed by atoms with E-state index < -0.39 is 49.5 Å². The summed E-state index contributed by atoms with van der Waals surface area (Å²) in [6.45, 7) is 3.86. The number of aliphatic hydroxyl groups excluding tert-OH is 5. The van der Waals surface area contributed by atoms with Crippen LogP contribution >= 0.6 is 0 Å². The van der Waals surface area contributed by atoms with Gasteiger partial charge in [0.2, 0.25) is 5.91 Å². The van der Waals surface area contributed by atoms with E-state index in [0.29, 0.717) is 12.8 Å². The van der Waals surface area contributed by atoms with Gasteiger partial charge in [-0.15, -0.1) is 0 Å². The van der Waals surface area contributed by atoms with Crippen LogP contribution < -0.4 is 5.32 Å². The van der Waals surface area contributed by atoms with Crippen molar-refractivity contribution >= 4 is 5.91 Å². The van der Waals surface area contributed by atoms with Crippen molar-refractivity contribution in [3.63, 3.8) is 0 Å². The average Bonchev–Trinajstić information content (AvgIpc) is 3.25. The Balaban J connectivity index is 2.25. The number of amides is 1. The Morgan fingerprint density at radius 3 is 1.35 bits per heavy atom. The van der Waals surface area contributed by atoms with Crippen LogP contribution in [0.3, 0.4) is 0 Å². The van der Waals surface area contributed by atoms with Gasteiger partial charge in [0, 0.05) is 6.42 Å². The standard InChI is InChI=1S/C51H99NO8/c1-3-5-7-9-11-13-15-17-19-21-22-23-24-25-27-29-31-33-35-37-39-41-47(55)52-44(43-59-51-50(58)49(57)48(56)46(42-53)60-51)45(54)40-38-36-34-32-30-28-26-20-18-16-14-12-10-8-6-4-2/h21-22,44-46,48-51,53-54,56-58H,3-20,23-43H2,1-2H3,(H,52,55)/b22-21-. The molecule has 0 radical (unpaired) electrons. The minimum Gasteiger partial charge on any atom is -0.394 e. The van der Waals surface area contributed by atoms with E-state index in [1.165, 1.54) is 186 Å². The highest BCUT2D eigenvalue weighted by Crippen LogP contribution is 2.23. The molecular weight excluding hydrogens is 755 g/mol. The average molecular weight is 854 g/mol. The maximum Gasteiger partial charge on any atom is 0.220 e. The summed E-state index contributed by atoms with van der Waals surface area (Å²) in [4.78, 5) is 13.0. The number of allylic oxidation sites excluding steroid dienone is 2. The van der Waals surface area contributed by atoms with Crippen LogP contribution in [0.2, 0.25) is 0 Å². The number of ether oxygens (including phenoxy) is 2. The first-order valence-corrected chi connectivity index (χ1v) is 25.9. The van der Waals surface area contributed by atoms with Gasteiger partial charge in [-0.05, 0) is 38.5 Å². The third-order valence-corrected chi connectivity index (χ3v) is 12.6. The van der Waals surface area contributed by atoms with Crippen LogP contribution in [0, 0.1) is 0 Å². The second kappa shape index (κ2) is 41.9. The largest absolute Gasteiger partial charge is 0.394 e. The molecule has 1 aliphatic heterocycles. The van der Waals surface area contributed by atoms with Crippen molar-refractivity contribution in [1.82, 2.24) is 5.32 Å². The first-order valence-electron chi connectivity index (χ1n) is 25.9. The monoisotopic (exact) mass is 854 g/mol. The number of unbranched alkanes of at least 4 members (excludes halogenated alkanes) is 32. The van der Waals surface area contributed by atoms with E-state index in [1.807, 2.05) is 0 Å². The molecule has 0 spiro atoms. The minimum absolute atomic E-state index is 0.135. The lowest BCUT2D eigenvalue weighted by Gasteiger charge is -2.40. The molecular formula is C51H99NO8. The van der Waals surface area contributed by atoms with Crippen LogP contribution in [0.1, 0.15) is 251 Å². The van der Waals surface area contributed by atoms with Gasteiger partial charge in [0.05, 0.1) is 25.4 Å². The van der Waals surface area contributed by atoms with Gasteiger partial charge in [0.25, 0.3) is 0 Å². The lowest BCUT2D eigenvalue weighted by Crippen LogP contribution is -2.60. The van der Waals surface area contributed by atoms with Crippen molar-refractivity contribution in [3.8, 4) is 0 Å². The van der Waals surface area contributed by atoms with Crippen molar-refractivity contribution in [2.75, 3.05) is 13.2 Å². The molecule has 1 amide bonds. The fourth-order valence-corrected chi connectivity index (χ4v) is 8.45. The molecule has 6 N–H and O–H groups in total. The third kappa shape index (κ3) is 31.7. The predicted molar refractivity (Wildman–Crippen MR) is 249 cm³/mol. The topological polar surface area (TPSA) is 149 Å². The quantitative estimate of drug-likeness (QED) is 0.0262. The Kier molecular flexibility index (Phi) is 39.8. The van der Waals surface area contributed by atoms with Gasteiger partial charge in [-0.2, -0.15) is 0 Å². The molecule has 0 aromatic carbocycles. The molecule has 60 heavy (non-hydrogen) atoms. The number of rotatable bonds is 44. The summed E-state index contributed by atoms with van der Waals surface area (Å²) in [5.74, 6) is -0.143. The lowest BCUT2D eigenvalue weighted by atomic mass is 9.99. The van der Waals surface area contributed by atoms with Crippen molar-refractivity contribution in [1.29, 1.82) is 0 Å². The number of carbonyl (C=O) groups is 1. The Bertz CT molecular complexity index is 950. The van der Waals surface area contributed by atoms with Gasteiger partial charge in [-0.3, -0.25) is 4.79 Å². The summed E-state index contributed by atoms with van der Waals surface area (Å²) in [5, 5.41) is 54.5. The summed E-state index contributed by atoms with van der Waals surface area (Å²) in [7, 11) is 0. The second-order valence-corrected chi connectivity index (χ2v) is 18.3. The minimum atomic E-state index is -1.55. The number of hydrogen-bond acceptors (Lipinski definition) is 8. The van der Waals surface area contributed by atoms with Crippen molar-refractivity contribution in [3.05, 3.63) is 12.2 Å². The van der Waals surface area contributed by atoms with Crippen molar-refractivity contribution in [2.45, 2.75) is 294 Å². The smallest absolute Gasteiger partial charge is 0.220 e. The molecule has 1 aliphatic rings. The second-order valence-electron chi connectivity index (χ2n) is 18.3. The van der Waals surface area contributed by atoms with E-state index in [9.17, 15) is 30.3 Å². The van der Waals surface area contributed by atoms with E-state index in [4.69, 9.17) is 9.47 Å². The van der Waals surface area contributed by atoms with E-state index in [2.05, 4.69) is 31.3 Å². The molecule has 0 bridgehead atoms. The summed E-state index contributed by atoms with van der Waals surface area (Å²) in [5.41, 5.74) is 0. The highest BCUT2D eigenvalue weighted by Gasteiger charge is 2.44. The maximum absolute atomic E-state index is 13.0. The van der Waals surface area contributed by atoms with Crippen LogP contribution in [0.4, 0.5) is 0 Å². The number of hydrogen-bond donors (Lipinski definition) is 6. The molecule has 7 atom stereocenters. The zero-order chi connectivity index (χ0) is 43.7. The van der Waals surface area contributed by atoms with Crippen molar-refractivity contribution in [2.24, 2.45) is 0 Å². The molecule has 0 aromatic heterocycles. The summed E-state index contributed by atoms with van der Waals surface area (Å²) < 4.78 is 11.3. The molecule has 1 heterocycles. The van der Waals surface area contributed by atoms with Crippen LogP contribution in [0.15, 0.2) is 12.2 Å². The summed E-state index contributed by atoms with van der Waals surface area (Å²) in [6, 6.07) is -0.716. The molecule has 0 saturated carbocycles. The van der Waals surface area contributed by atoms with Crippen LogP contribution in [0.25, 0.3) is 0 Å². The number of nitrogens with one attached hydrogen (secondary N) is 1. The normalized spacial score (nSPS) is 20.6. The molecule has 7 unspecified atom stereocenters. The maximum atomic E-state index is 13.0. The highest BCUT2D eigenvalue weighted by molar-refractivity contribution is 5.76. The molecule has 9 nitrogen and oxygen atoms in total. The molecule has 0 aromatic rings. The van der Waals surface area contributed by atoms with E-state index >= 15 is 0 Å². The van der Waals surface area contributed by atoms with E-state index in [1.54, 1.807) is 0 Å². The predicted octanol–water partition coefficient (Wildman–Crippen LogP) is 11.7. The molecule has 0 aliphatic carbocycles. The van der Waals surface area contributed by atoms with Crippen molar-refractivity contribution < 1.29 is 39.8 Å². The Labute approximate surface area is 369 Å². The zero-order valence-electron chi connectivity index (χ0n) is 39.2.